The van der Waals surface area contributed by atoms with Crippen molar-refractivity contribution in [1.82, 2.24) is 30.1 Å². The average molecular weight is 515 g/mol. The lowest BCUT2D eigenvalue weighted by molar-refractivity contribution is 0.277. The molecule has 0 amide bonds. The monoisotopic (exact) mass is 514 g/mol. The fourth-order valence-corrected chi connectivity index (χ4v) is 4.13. The molecule has 0 saturated heterocycles. The van der Waals surface area contributed by atoms with Gasteiger partial charge in [-0.1, -0.05) is 30.3 Å². The van der Waals surface area contributed by atoms with Crippen LogP contribution in [0.1, 0.15) is 5.69 Å². The van der Waals surface area contributed by atoms with E-state index in [1.54, 1.807) is 24.5 Å². The van der Waals surface area contributed by atoms with E-state index in [-0.39, 0.29) is 12.6 Å². The average Bonchev–Trinajstić information content (AvgIpc) is 2.98. The number of pyridine rings is 2. The van der Waals surface area contributed by atoms with Crippen LogP contribution in [0.2, 0.25) is 0 Å². The highest BCUT2D eigenvalue weighted by atomic mass is 16.5. The number of nitrogens with one attached hydrogen (secondary N) is 1. The quantitative estimate of drug-likeness (QED) is 0.261. The molecule has 4 N–H and O–H groups in total. The first-order chi connectivity index (χ1) is 19.2. The molecule has 0 radical (unpaired) electrons. The van der Waals surface area contributed by atoms with Gasteiger partial charge in [-0.15, -0.1) is 10.2 Å². The Bertz CT molecular complexity index is 1780. The van der Waals surface area contributed by atoms with Crippen molar-refractivity contribution in [2.24, 2.45) is 0 Å². The maximum atomic E-state index is 9.48. The highest BCUT2D eigenvalue weighted by Gasteiger charge is 2.14. The number of ether oxygens (including phenoxy) is 1. The van der Waals surface area contributed by atoms with Crippen molar-refractivity contribution < 1.29 is 9.84 Å². The Morgan fingerprint density at radius 2 is 1.59 bits per heavy atom. The van der Waals surface area contributed by atoms with Crippen molar-refractivity contribution in [3.8, 4) is 34.3 Å². The number of hydrogen-bond donors (Lipinski definition) is 3. The minimum absolute atomic E-state index is 0.143. The van der Waals surface area contributed by atoms with Crippen LogP contribution in [0, 0.1) is 0 Å². The number of anilines is 3. The highest BCUT2D eigenvalue weighted by Crippen LogP contribution is 2.33. The molecule has 4 aromatic heterocycles. The van der Waals surface area contributed by atoms with Gasteiger partial charge in [-0.2, -0.15) is 0 Å². The minimum atomic E-state index is -0.143. The van der Waals surface area contributed by atoms with E-state index >= 15 is 0 Å². The second kappa shape index (κ2) is 10.5. The van der Waals surface area contributed by atoms with Crippen LogP contribution in [-0.2, 0) is 6.61 Å². The number of nitrogens with zero attached hydrogens (tertiary/aromatic N) is 6. The van der Waals surface area contributed by atoms with Gasteiger partial charge in [0.05, 0.1) is 29.3 Å². The molecule has 0 saturated carbocycles. The Morgan fingerprint density at radius 3 is 2.41 bits per heavy atom. The molecule has 0 bridgehead atoms. The van der Waals surface area contributed by atoms with Crippen LogP contribution in [0.15, 0.2) is 97.3 Å². The summed E-state index contributed by atoms with van der Waals surface area (Å²) in [6.45, 7) is -0.143. The number of benzene rings is 2. The van der Waals surface area contributed by atoms with E-state index in [1.807, 2.05) is 72.8 Å². The standard InChI is InChI=1S/C29H22N8O2/c30-29-32-16-14-24(35-29)23-8-4-15-31-28(23)39-20-12-10-18(11-13-20)34-27-22-7-2-1-6-21(22)26(36-37-27)25-9-3-5-19(17-38)33-25/h1-16,38H,17H2,(H,34,37)(H2,30,32,35). The second-order valence-electron chi connectivity index (χ2n) is 8.52. The van der Waals surface area contributed by atoms with Gasteiger partial charge >= 0.3 is 0 Å². The van der Waals surface area contributed by atoms with E-state index in [0.29, 0.717) is 45.8 Å². The number of nitrogens with two attached hydrogens (primary N) is 1. The maximum absolute atomic E-state index is 9.48. The minimum Gasteiger partial charge on any atom is -0.438 e. The molecule has 0 spiro atoms. The lowest BCUT2D eigenvalue weighted by atomic mass is 10.1. The summed E-state index contributed by atoms with van der Waals surface area (Å²) in [4.78, 5) is 17.1. The Labute approximate surface area is 223 Å². The van der Waals surface area contributed by atoms with Crippen molar-refractivity contribution in [2.45, 2.75) is 6.61 Å². The number of aliphatic hydroxyl groups excluding tert-OH is 1. The fraction of sp³-hybridized carbons (Fsp3) is 0.0345. The first kappa shape index (κ1) is 23.9. The molecular formula is C29H22N8O2. The first-order valence-electron chi connectivity index (χ1n) is 12.1. The van der Waals surface area contributed by atoms with Gasteiger partial charge in [0, 0.05) is 28.9 Å². The summed E-state index contributed by atoms with van der Waals surface area (Å²) in [5.74, 6) is 1.79. The van der Waals surface area contributed by atoms with Crippen LogP contribution < -0.4 is 15.8 Å². The third-order valence-electron chi connectivity index (χ3n) is 5.95. The normalized spacial score (nSPS) is 10.9. The summed E-state index contributed by atoms with van der Waals surface area (Å²) >= 11 is 0. The van der Waals surface area contributed by atoms with Gasteiger partial charge in [0.25, 0.3) is 0 Å². The van der Waals surface area contributed by atoms with Gasteiger partial charge in [0.2, 0.25) is 11.8 Å². The largest absolute Gasteiger partial charge is 0.438 e. The summed E-state index contributed by atoms with van der Waals surface area (Å²) in [7, 11) is 0. The summed E-state index contributed by atoms with van der Waals surface area (Å²) < 4.78 is 6.07. The summed E-state index contributed by atoms with van der Waals surface area (Å²) in [6, 6.07) is 26.2. The van der Waals surface area contributed by atoms with Crippen molar-refractivity contribution >= 4 is 28.2 Å². The highest BCUT2D eigenvalue weighted by molar-refractivity contribution is 6.00. The van der Waals surface area contributed by atoms with Crippen molar-refractivity contribution in [3.05, 3.63) is 103 Å². The van der Waals surface area contributed by atoms with Crippen LogP contribution in [0.5, 0.6) is 11.6 Å². The number of fused-ring (bicyclic) bond motifs is 1. The molecule has 0 aliphatic rings. The summed E-state index contributed by atoms with van der Waals surface area (Å²) in [5.41, 5.74) is 9.75. The molecular weight excluding hydrogens is 492 g/mol. The third-order valence-corrected chi connectivity index (χ3v) is 5.95. The molecule has 2 aromatic carbocycles. The van der Waals surface area contributed by atoms with Crippen molar-refractivity contribution in [1.29, 1.82) is 0 Å². The third kappa shape index (κ3) is 5.04. The molecule has 0 unspecified atom stereocenters. The van der Waals surface area contributed by atoms with Crippen LogP contribution in [0.4, 0.5) is 17.5 Å². The molecule has 190 valence electrons. The van der Waals surface area contributed by atoms with Crippen molar-refractivity contribution in [3.63, 3.8) is 0 Å². The first-order valence-corrected chi connectivity index (χ1v) is 12.1. The van der Waals surface area contributed by atoms with Gasteiger partial charge in [-0.25, -0.2) is 19.9 Å². The van der Waals surface area contributed by atoms with Gasteiger partial charge < -0.3 is 20.9 Å². The van der Waals surface area contributed by atoms with Gasteiger partial charge in [0.1, 0.15) is 11.4 Å². The van der Waals surface area contributed by atoms with Gasteiger partial charge in [-0.3, -0.25) is 0 Å². The van der Waals surface area contributed by atoms with E-state index in [2.05, 4.69) is 35.5 Å². The Kier molecular flexibility index (Phi) is 6.42. The van der Waals surface area contributed by atoms with E-state index in [9.17, 15) is 5.11 Å². The van der Waals surface area contributed by atoms with Crippen molar-refractivity contribution in [2.75, 3.05) is 11.1 Å². The Morgan fingerprint density at radius 1 is 0.744 bits per heavy atom. The molecule has 6 rings (SSSR count). The lowest BCUT2D eigenvalue weighted by Crippen LogP contribution is -2.01. The second-order valence-corrected chi connectivity index (χ2v) is 8.52. The molecule has 10 nitrogen and oxygen atoms in total. The van der Waals surface area contributed by atoms with Gasteiger partial charge in [0.15, 0.2) is 5.82 Å². The molecule has 4 heterocycles. The zero-order valence-corrected chi connectivity index (χ0v) is 20.6. The Balaban J connectivity index is 1.26. The zero-order valence-electron chi connectivity index (χ0n) is 20.6. The molecule has 6 aromatic rings. The predicted octanol–water partition coefficient (Wildman–Crippen LogP) is 5.15. The number of hydrogen-bond acceptors (Lipinski definition) is 10. The predicted molar refractivity (Wildman–Crippen MR) is 148 cm³/mol. The van der Waals surface area contributed by atoms with Crippen LogP contribution in [0.25, 0.3) is 33.4 Å². The Hall–Kier alpha value is -5.48. The number of rotatable bonds is 7. The van der Waals surface area contributed by atoms with Crippen LogP contribution >= 0.6 is 0 Å². The molecule has 0 atom stereocenters. The SMILES string of the molecule is Nc1nccc(-c2cccnc2Oc2ccc(Nc3nnc(-c4cccc(CO)n4)c4ccccc34)cc2)n1. The van der Waals surface area contributed by atoms with E-state index < -0.39 is 0 Å². The molecule has 10 heteroatoms. The van der Waals surface area contributed by atoms with E-state index in [1.165, 1.54) is 0 Å². The summed E-state index contributed by atoms with van der Waals surface area (Å²) in [6.07, 6.45) is 3.25. The molecule has 0 fully saturated rings. The topological polar surface area (TPSA) is 145 Å². The fourth-order valence-electron chi connectivity index (χ4n) is 4.13. The number of aliphatic hydroxyl groups is 1. The zero-order chi connectivity index (χ0) is 26.6. The molecule has 39 heavy (non-hydrogen) atoms. The van der Waals surface area contributed by atoms with Gasteiger partial charge in [-0.05, 0) is 54.6 Å². The lowest BCUT2D eigenvalue weighted by Gasteiger charge is -2.12. The maximum Gasteiger partial charge on any atom is 0.228 e. The smallest absolute Gasteiger partial charge is 0.228 e. The van der Waals surface area contributed by atoms with Crippen LogP contribution in [-0.4, -0.2) is 35.2 Å². The van der Waals surface area contributed by atoms with E-state index in [0.717, 1.165) is 16.5 Å². The van der Waals surface area contributed by atoms with E-state index in [4.69, 9.17) is 10.5 Å². The molecule has 0 aliphatic carbocycles. The number of aromatic nitrogens is 6. The van der Waals surface area contributed by atoms with Crippen LogP contribution in [0.3, 0.4) is 0 Å². The summed E-state index contributed by atoms with van der Waals surface area (Å²) in [5, 5.41) is 23.5. The number of nitrogen functional groups attached to an aromatic ring is 1. The molecule has 0 aliphatic heterocycles.